The quantitative estimate of drug-likeness (QED) is 0.831. The Hall–Kier alpha value is -1.82. The summed E-state index contributed by atoms with van der Waals surface area (Å²) in [5, 5.41) is 18.0. The van der Waals surface area contributed by atoms with E-state index in [-0.39, 0.29) is 5.75 Å². The van der Waals surface area contributed by atoms with Gasteiger partial charge in [0.1, 0.15) is 0 Å². The maximum Gasteiger partial charge on any atom is 0.313 e. The minimum atomic E-state index is -0.837. The van der Waals surface area contributed by atoms with Crippen LogP contribution in [-0.4, -0.2) is 31.6 Å². The molecular formula is C15H17N3O2S. The molecule has 2 unspecified atom stereocenters. The summed E-state index contributed by atoms with van der Waals surface area (Å²) in [6.45, 7) is 3.10. The molecule has 21 heavy (non-hydrogen) atoms. The normalized spacial score (nSPS) is 20.4. The van der Waals surface area contributed by atoms with Crippen LogP contribution in [0, 0.1) is 11.8 Å². The van der Waals surface area contributed by atoms with Gasteiger partial charge in [0.05, 0.1) is 5.75 Å². The Morgan fingerprint density at radius 3 is 2.71 bits per heavy atom. The van der Waals surface area contributed by atoms with E-state index >= 15 is 0 Å². The monoisotopic (exact) mass is 303 g/mol. The number of carboxylic acid groups (broad SMARTS) is 1. The van der Waals surface area contributed by atoms with Crippen molar-refractivity contribution in [3.05, 3.63) is 30.3 Å². The van der Waals surface area contributed by atoms with Gasteiger partial charge in [-0.2, -0.15) is 0 Å². The Balaban J connectivity index is 1.89. The Kier molecular flexibility index (Phi) is 3.96. The highest BCUT2D eigenvalue weighted by Gasteiger charge is 2.34. The second-order valence-corrected chi connectivity index (χ2v) is 6.38. The molecule has 1 aromatic heterocycles. The van der Waals surface area contributed by atoms with Crippen LogP contribution in [-0.2, 0) is 11.3 Å². The van der Waals surface area contributed by atoms with E-state index in [1.165, 1.54) is 18.2 Å². The van der Waals surface area contributed by atoms with E-state index in [2.05, 4.69) is 21.7 Å². The zero-order valence-corrected chi connectivity index (χ0v) is 12.6. The van der Waals surface area contributed by atoms with Gasteiger partial charge in [-0.1, -0.05) is 49.0 Å². The summed E-state index contributed by atoms with van der Waals surface area (Å²) >= 11 is 1.23. The van der Waals surface area contributed by atoms with E-state index in [1.807, 2.05) is 30.3 Å². The van der Waals surface area contributed by atoms with Crippen LogP contribution < -0.4 is 0 Å². The molecule has 2 aromatic rings. The number of carbonyl (C=O) groups is 1. The van der Waals surface area contributed by atoms with E-state index in [9.17, 15) is 4.79 Å². The van der Waals surface area contributed by atoms with E-state index in [0.29, 0.717) is 11.1 Å². The molecule has 0 spiro atoms. The molecule has 5 nitrogen and oxygen atoms in total. The standard InChI is InChI=1S/C15H17N3O2S/c1-10-7-12(10)8-18-14(11-5-3-2-4-6-11)16-17-15(18)21-9-13(19)20/h2-6,10,12H,7-9H2,1H3,(H,19,20). The summed E-state index contributed by atoms with van der Waals surface area (Å²) < 4.78 is 2.07. The highest BCUT2D eigenvalue weighted by Crippen LogP contribution is 2.40. The summed E-state index contributed by atoms with van der Waals surface area (Å²) in [4.78, 5) is 10.8. The van der Waals surface area contributed by atoms with Crippen LogP contribution in [0.15, 0.2) is 35.5 Å². The van der Waals surface area contributed by atoms with Crippen LogP contribution in [0.5, 0.6) is 0 Å². The average Bonchev–Trinajstić information content (AvgIpc) is 3.02. The minimum absolute atomic E-state index is 0.00709. The molecule has 1 aliphatic carbocycles. The molecule has 0 radical (unpaired) electrons. The second-order valence-electron chi connectivity index (χ2n) is 5.44. The minimum Gasteiger partial charge on any atom is -0.481 e. The highest BCUT2D eigenvalue weighted by atomic mass is 32.2. The molecule has 3 rings (SSSR count). The zero-order valence-electron chi connectivity index (χ0n) is 11.8. The predicted octanol–water partition coefficient (Wildman–Crippen LogP) is 2.78. The lowest BCUT2D eigenvalue weighted by atomic mass is 10.2. The van der Waals surface area contributed by atoms with Crippen molar-refractivity contribution in [3.8, 4) is 11.4 Å². The topological polar surface area (TPSA) is 68.0 Å². The lowest BCUT2D eigenvalue weighted by Gasteiger charge is -2.09. The van der Waals surface area contributed by atoms with Crippen molar-refractivity contribution >= 4 is 17.7 Å². The molecule has 1 saturated carbocycles. The first-order valence-electron chi connectivity index (χ1n) is 6.98. The van der Waals surface area contributed by atoms with Crippen LogP contribution in [0.4, 0.5) is 0 Å². The van der Waals surface area contributed by atoms with Gasteiger partial charge < -0.3 is 9.67 Å². The second kappa shape index (κ2) is 5.89. The number of carboxylic acids is 1. The average molecular weight is 303 g/mol. The fourth-order valence-electron chi connectivity index (χ4n) is 2.38. The van der Waals surface area contributed by atoms with Gasteiger partial charge in [-0.15, -0.1) is 10.2 Å². The lowest BCUT2D eigenvalue weighted by Crippen LogP contribution is -2.07. The number of aliphatic carboxylic acids is 1. The first-order chi connectivity index (χ1) is 10.1. The van der Waals surface area contributed by atoms with Crippen molar-refractivity contribution in [1.29, 1.82) is 0 Å². The molecule has 110 valence electrons. The molecule has 1 N–H and O–H groups in total. The molecule has 1 heterocycles. The Labute approximate surface area is 127 Å². The molecule has 0 aliphatic heterocycles. The number of rotatable bonds is 6. The van der Waals surface area contributed by atoms with Crippen molar-refractivity contribution < 1.29 is 9.90 Å². The molecule has 0 saturated heterocycles. The molecular weight excluding hydrogens is 286 g/mol. The SMILES string of the molecule is CC1CC1Cn1c(SCC(=O)O)nnc1-c1ccccc1. The van der Waals surface area contributed by atoms with Crippen molar-refractivity contribution in [2.24, 2.45) is 11.8 Å². The van der Waals surface area contributed by atoms with E-state index in [1.54, 1.807) is 0 Å². The fraction of sp³-hybridized carbons (Fsp3) is 0.400. The first-order valence-corrected chi connectivity index (χ1v) is 7.97. The van der Waals surface area contributed by atoms with Gasteiger partial charge in [-0.05, 0) is 18.3 Å². The van der Waals surface area contributed by atoms with Crippen molar-refractivity contribution in [1.82, 2.24) is 14.8 Å². The molecule has 1 aliphatic rings. The number of thioether (sulfide) groups is 1. The third-order valence-corrected chi connectivity index (χ3v) is 4.72. The number of hydrogen-bond donors (Lipinski definition) is 1. The van der Waals surface area contributed by atoms with Gasteiger partial charge in [0.25, 0.3) is 0 Å². The number of hydrogen-bond acceptors (Lipinski definition) is 4. The van der Waals surface area contributed by atoms with Crippen LogP contribution >= 0.6 is 11.8 Å². The van der Waals surface area contributed by atoms with Crippen LogP contribution in [0.25, 0.3) is 11.4 Å². The van der Waals surface area contributed by atoms with Gasteiger partial charge >= 0.3 is 5.97 Å². The summed E-state index contributed by atoms with van der Waals surface area (Å²) in [6, 6.07) is 9.91. The van der Waals surface area contributed by atoms with Gasteiger partial charge in [0, 0.05) is 12.1 Å². The largest absolute Gasteiger partial charge is 0.481 e. The lowest BCUT2D eigenvalue weighted by molar-refractivity contribution is -0.133. The molecule has 0 amide bonds. The summed E-state index contributed by atoms with van der Waals surface area (Å²) in [5.41, 5.74) is 1.01. The van der Waals surface area contributed by atoms with Gasteiger partial charge in [0.15, 0.2) is 11.0 Å². The number of benzene rings is 1. The Bertz CT molecular complexity index is 642. The van der Waals surface area contributed by atoms with Gasteiger partial charge in [0.2, 0.25) is 0 Å². The molecule has 1 aromatic carbocycles. The number of aromatic nitrogens is 3. The third kappa shape index (κ3) is 3.26. The van der Waals surface area contributed by atoms with Crippen molar-refractivity contribution in [2.75, 3.05) is 5.75 Å². The predicted molar refractivity (Wildman–Crippen MR) is 81.1 cm³/mol. The third-order valence-electron chi connectivity index (χ3n) is 3.77. The van der Waals surface area contributed by atoms with Crippen LogP contribution in [0.3, 0.4) is 0 Å². The highest BCUT2D eigenvalue weighted by molar-refractivity contribution is 7.99. The smallest absolute Gasteiger partial charge is 0.313 e. The van der Waals surface area contributed by atoms with Gasteiger partial charge in [-0.25, -0.2) is 0 Å². The summed E-state index contributed by atoms with van der Waals surface area (Å²) in [7, 11) is 0. The maximum atomic E-state index is 10.8. The zero-order chi connectivity index (χ0) is 14.8. The van der Waals surface area contributed by atoms with Crippen molar-refractivity contribution in [2.45, 2.75) is 25.0 Å². The molecule has 0 bridgehead atoms. The Morgan fingerprint density at radius 2 is 2.10 bits per heavy atom. The summed E-state index contributed by atoms with van der Waals surface area (Å²) in [5.74, 6) is 1.37. The first kappa shape index (κ1) is 14.1. The van der Waals surface area contributed by atoms with Gasteiger partial charge in [-0.3, -0.25) is 4.79 Å². The van der Waals surface area contributed by atoms with E-state index in [0.717, 1.165) is 23.9 Å². The maximum absolute atomic E-state index is 10.8. The Morgan fingerprint density at radius 1 is 1.38 bits per heavy atom. The van der Waals surface area contributed by atoms with Crippen LogP contribution in [0.2, 0.25) is 0 Å². The summed E-state index contributed by atoms with van der Waals surface area (Å²) in [6.07, 6.45) is 1.22. The fourth-order valence-corrected chi connectivity index (χ4v) is 3.04. The molecule has 2 atom stereocenters. The van der Waals surface area contributed by atoms with Crippen molar-refractivity contribution in [3.63, 3.8) is 0 Å². The van der Waals surface area contributed by atoms with E-state index < -0.39 is 5.97 Å². The van der Waals surface area contributed by atoms with E-state index in [4.69, 9.17) is 5.11 Å². The number of nitrogens with zero attached hydrogens (tertiary/aromatic N) is 3. The van der Waals surface area contributed by atoms with Crippen LogP contribution in [0.1, 0.15) is 13.3 Å². The molecule has 1 fully saturated rings. The molecule has 6 heteroatoms.